The van der Waals surface area contributed by atoms with Crippen molar-refractivity contribution in [3.05, 3.63) is 29.8 Å². The van der Waals surface area contributed by atoms with Crippen molar-refractivity contribution in [2.75, 3.05) is 11.1 Å². The van der Waals surface area contributed by atoms with E-state index in [0.29, 0.717) is 4.90 Å². The summed E-state index contributed by atoms with van der Waals surface area (Å²) in [6, 6.07) is 7.20. The fraction of sp³-hybridized carbons (Fsp3) is 0.571. The van der Waals surface area contributed by atoms with Crippen molar-refractivity contribution in [2.24, 2.45) is 5.41 Å². The van der Waals surface area contributed by atoms with Gasteiger partial charge in [0.15, 0.2) is 9.84 Å². The molecule has 0 aliphatic carbocycles. The first-order valence-corrected chi connectivity index (χ1v) is 9.02. The van der Waals surface area contributed by atoms with E-state index in [4.69, 9.17) is 0 Å². The molecule has 0 aliphatic heterocycles. The Morgan fingerprint density at radius 1 is 1.17 bits per heavy atom. The Labute approximate surface area is 119 Å². The molecule has 0 radical (unpaired) electrons. The molecule has 1 aromatic carbocycles. The summed E-state index contributed by atoms with van der Waals surface area (Å²) in [5.74, 6) is 0.211. The molecule has 0 aromatic heterocycles. The first kappa shape index (κ1) is 15.7. The van der Waals surface area contributed by atoms with Gasteiger partial charge in [0.05, 0.1) is 10.6 Å². The summed E-state index contributed by atoms with van der Waals surface area (Å²) in [6.45, 7) is 5.96. The average Bonchev–Trinajstić information content (AvgIpc) is 2.36. The molecule has 0 heterocycles. The molecule has 1 rings (SSSR count). The van der Waals surface area contributed by atoms with E-state index < -0.39 is 9.84 Å². The third-order valence-electron chi connectivity index (χ3n) is 3.71. The summed E-state index contributed by atoms with van der Waals surface area (Å²) < 4.78 is 25.0. The van der Waals surface area contributed by atoms with E-state index in [9.17, 15) is 8.42 Å². The van der Waals surface area contributed by atoms with E-state index >= 15 is 0 Å². The Morgan fingerprint density at radius 3 is 2.17 bits per heavy atom. The van der Waals surface area contributed by atoms with Gasteiger partial charge in [0.1, 0.15) is 0 Å². The summed E-state index contributed by atoms with van der Waals surface area (Å²) in [5, 5.41) is 0.720. The van der Waals surface area contributed by atoms with Gasteiger partial charge in [0.2, 0.25) is 0 Å². The van der Waals surface area contributed by atoms with Crippen LogP contribution in [-0.2, 0) is 9.84 Å². The van der Waals surface area contributed by atoms with Crippen LogP contribution in [0.25, 0.3) is 0 Å². The maximum Gasteiger partial charge on any atom is 0.179 e. The number of halogens is 1. The predicted molar refractivity (Wildman–Crippen MR) is 80.0 cm³/mol. The fourth-order valence-corrected chi connectivity index (χ4v) is 5.64. The van der Waals surface area contributed by atoms with Crippen LogP contribution in [0.15, 0.2) is 29.2 Å². The third-order valence-corrected chi connectivity index (χ3v) is 7.02. The first-order chi connectivity index (χ1) is 8.40. The Kier molecular flexibility index (Phi) is 5.41. The van der Waals surface area contributed by atoms with Crippen LogP contribution in [0.1, 0.15) is 32.3 Å². The standard InChI is InChI=1S/C14H21BrO2S/c1-4-14(5-2,10-15)11-18(16,17)13-9-7-6-8-12(13)3/h6-9H,4-5,10-11H2,1-3H3. The second-order valence-electron chi connectivity index (χ2n) is 4.87. The van der Waals surface area contributed by atoms with Crippen LogP contribution >= 0.6 is 15.9 Å². The van der Waals surface area contributed by atoms with Gasteiger partial charge in [-0.2, -0.15) is 0 Å². The highest BCUT2D eigenvalue weighted by molar-refractivity contribution is 9.09. The molecule has 0 bridgehead atoms. The monoisotopic (exact) mass is 332 g/mol. The molecule has 0 N–H and O–H groups in total. The van der Waals surface area contributed by atoms with E-state index in [1.807, 2.05) is 19.1 Å². The van der Waals surface area contributed by atoms with Gasteiger partial charge in [-0.3, -0.25) is 0 Å². The summed E-state index contributed by atoms with van der Waals surface area (Å²) in [7, 11) is -3.21. The lowest BCUT2D eigenvalue weighted by Crippen LogP contribution is -2.31. The zero-order chi connectivity index (χ0) is 13.8. The van der Waals surface area contributed by atoms with Crippen molar-refractivity contribution < 1.29 is 8.42 Å². The van der Waals surface area contributed by atoms with Crippen LogP contribution in [0, 0.1) is 12.3 Å². The highest BCUT2D eigenvalue weighted by atomic mass is 79.9. The maximum absolute atomic E-state index is 12.5. The van der Waals surface area contributed by atoms with Gasteiger partial charge in [-0.25, -0.2) is 8.42 Å². The van der Waals surface area contributed by atoms with Gasteiger partial charge in [-0.05, 0) is 36.8 Å². The highest BCUT2D eigenvalue weighted by Crippen LogP contribution is 2.33. The molecule has 18 heavy (non-hydrogen) atoms. The Hall–Kier alpha value is -0.350. The molecule has 0 amide bonds. The van der Waals surface area contributed by atoms with Gasteiger partial charge >= 0.3 is 0 Å². The van der Waals surface area contributed by atoms with Crippen LogP contribution in [0.3, 0.4) is 0 Å². The maximum atomic E-state index is 12.5. The topological polar surface area (TPSA) is 34.1 Å². The van der Waals surface area contributed by atoms with Gasteiger partial charge in [-0.15, -0.1) is 0 Å². The van der Waals surface area contributed by atoms with Crippen LogP contribution in [0.2, 0.25) is 0 Å². The lowest BCUT2D eigenvalue weighted by Gasteiger charge is -2.29. The molecule has 0 unspecified atom stereocenters. The Balaban J connectivity index is 3.13. The molecular weight excluding hydrogens is 312 g/mol. The number of sulfone groups is 1. The molecule has 2 nitrogen and oxygen atoms in total. The molecule has 0 aliphatic rings. The molecule has 0 atom stereocenters. The number of alkyl halides is 1. The minimum atomic E-state index is -3.21. The fourth-order valence-electron chi connectivity index (χ4n) is 2.07. The van der Waals surface area contributed by atoms with Crippen molar-refractivity contribution in [1.82, 2.24) is 0 Å². The van der Waals surface area contributed by atoms with E-state index in [0.717, 1.165) is 23.7 Å². The predicted octanol–water partition coefficient (Wildman–Crippen LogP) is 3.97. The molecule has 1 aromatic rings. The molecule has 102 valence electrons. The molecule has 0 fully saturated rings. The van der Waals surface area contributed by atoms with E-state index in [2.05, 4.69) is 29.8 Å². The van der Waals surface area contributed by atoms with Crippen LogP contribution in [-0.4, -0.2) is 19.5 Å². The van der Waals surface area contributed by atoms with Crippen LogP contribution in [0.5, 0.6) is 0 Å². The van der Waals surface area contributed by atoms with Crippen molar-refractivity contribution in [3.8, 4) is 0 Å². The van der Waals surface area contributed by atoms with Gasteiger partial charge in [-0.1, -0.05) is 48.0 Å². The van der Waals surface area contributed by atoms with E-state index in [-0.39, 0.29) is 11.2 Å². The summed E-state index contributed by atoms with van der Waals surface area (Å²) in [5.41, 5.74) is 0.661. The molecule has 4 heteroatoms. The highest BCUT2D eigenvalue weighted by Gasteiger charge is 2.32. The summed E-state index contributed by atoms with van der Waals surface area (Å²) in [4.78, 5) is 0.470. The number of aryl methyl sites for hydroxylation is 1. The second-order valence-corrected chi connectivity index (χ2v) is 7.38. The van der Waals surface area contributed by atoms with Crippen molar-refractivity contribution >= 4 is 25.8 Å². The molecule has 0 saturated carbocycles. The normalized spacial score (nSPS) is 12.7. The second kappa shape index (κ2) is 6.20. The lowest BCUT2D eigenvalue weighted by molar-refractivity contribution is 0.351. The number of benzene rings is 1. The average molecular weight is 333 g/mol. The zero-order valence-corrected chi connectivity index (χ0v) is 13.6. The minimum Gasteiger partial charge on any atom is -0.224 e. The van der Waals surface area contributed by atoms with Gasteiger partial charge < -0.3 is 0 Å². The van der Waals surface area contributed by atoms with Crippen molar-refractivity contribution in [2.45, 2.75) is 38.5 Å². The Bertz CT molecular complexity index is 482. The largest absolute Gasteiger partial charge is 0.224 e. The minimum absolute atomic E-state index is 0.166. The third kappa shape index (κ3) is 3.35. The van der Waals surface area contributed by atoms with Gasteiger partial charge in [0, 0.05) is 5.33 Å². The zero-order valence-electron chi connectivity index (χ0n) is 11.2. The quantitative estimate of drug-likeness (QED) is 0.738. The SMILES string of the molecule is CCC(CC)(CBr)CS(=O)(=O)c1ccccc1C. The number of hydrogen-bond acceptors (Lipinski definition) is 2. The van der Waals surface area contributed by atoms with Gasteiger partial charge in [0.25, 0.3) is 0 Å². The lowest BCUT2D eigenvalue weighted by atomic mass is 9.87. The van der Waals surface area contributed by atoms with E-state index in [1.54, 1.807) is 12.1 Å². The van der Waals surface area contributed by atoms with Crippen molar-refractivity contribution in [1.29, 1.82) is 0 Å². The molecule has 0 spiro atoms. The summed E-state index contributed by atoms with van der Waals surface area (Å²) >= 11 is 3.47. The van der Waals surface area contributed by atoms with E-state index in [1.165, 1.54) is 0 Å². The smallest absolute Gasteiger partial charge is 0.179 e. The first-order valence-electron chi connectivity index (χ1n) is 6.25. The molecular formula is C14H21BrO2S. The Morgan fingerprint density at radius 2 is 1.72 bits per heavy atom. The molecule has 0 saturated heterocycles. The van der Waals surface area contributed by atoms with Crippen LogP contribution in [0.4, 0.5) is 0 Å². The number of rotatable bonds is 6. The summed E-state index contributed by atoms with van der Waals surface area (Å²) in [6.07, 6.45) is 1.72. The number of hydrogen-bond donors (Lipinski definition) is 0. The van der Waals surface area contributed by atoms with Crippen molar-refractivity contribution in [3.63, 3.8) is 0 Å². The van der Waals surface area contributed by atoms with Crippen LogP contribution < -0.4 is 0 Å².